The number of likely N-dealkylation sites (N-methyl/N-ethyl adjacent to an activating group) is 1. The number of hydrogen-bond donors (Lipinski definition) is 1. The van der Waals surface area contributed by atoms with E-state index in [1.54, 1.807) is 49.2 Å². The summed E-state index contributed by atoms with van der Waals surface area (Å²) in [4.78, 5) is 14.3. The number of halogens is 1. The monoisotopic (exact) mass is 410 g/mol. The molecule has 0 aliphatic heterocycles. The Bertz CT molecular complexity index is 929. The fraction of sp³-hybridized carbons (Fsp3) is 0.316. The van der Waals surface area contributed by atoms with Crippen LogP contribution in [0.15, 0.2) is 47.4 Å². The predicted molar refractivity (Wildman–Crippen MR) is 105 cm³/mol. The lowest BCUT2D eigenvalue weighted by Crippen LogP contribution is -2.39. The van der Waals surface area contributed by atoms with Gasteiger partial charge in [-0.15, -0.1) is 0 Å². The number of hydrogen-bond acceptors (Lipinski definition) is 4. The number of amides is 1. The molecule has 0 saturated heterocycles. The van der Waals surface area contributed by atoms with Crippen LogP contribution >= 0.6 is 11.6 Å². The Labute approximate surface area is 164 Å². The van der Waals surface area contributed by atoms with E-state index in [4.69, 9.17) is 21.5 Å². The van der Waals surface area contributed by atoms with Crippen molar-refractivity contribution in [2.24, 2.45) is 5.14 Å². The minimum atomic E-state index is -3.75. The van der Waals surface area contributed by atoms with Crippen LogP contribution in [0, 0.1) is 6.92 Å². The smallest absolute Gasteiger partial charge is 0.263 e. The van der Waals surface area contributed by atoms with E-state index in [1.807, 2.05) is 13.8 Å². The number of carbonyl (C=O) groups excluding carboxylic acids is 1. The Morgan fingerprint density at radius 2 is 1.74 bits per heavy atom. The van der Waals surface area contributed by atoms with Crippen LogP contribution in [-0.2, 0) is 14.8 Å². The van der Waals surface area contributed by atoms with Crippen molar-refractivity contribution in [3.63, 3.8) is 0 Å². The van der Waals surface area contributed by atoms with Crippen LogP contribution in [-0.4, -0.2) is 32.4 Å². The van der Waals surface area contributed by atoms with Crippen molar-refractivity contribution < 1.29 is 17.9 Å². The van der Waals surface area contributed by atoms with Crippen LogP contribution in [0.1, 0.15) is 31.0 Å². The summed E-state index contributed by atoms with van der Waals surface area (Å²) in [6.07, 6.45) is -0.694. The molecule has 0 aromatic heterocycles. The highest BCUT2D eigenvalue weighted by Gasteiger charge is 2.24. The van der Waals surface area contributed by atoms with E-state index in [1.165, 1.54) is 12.1 Å². The summed E-state index contributed by atoms with van der Waals surface area (Å²) in [7, 11) is -2.07. The molecule has 27 heavy (non-hydrogen) atoms. The standard InChI is InChI=1S/C19H23ClN2O4S/c1-12-11-16(20)7-10-18(12)26-14(3)19(23)22(4)13(2)15-5-8-17(9-6-15)27(21,24)25/h5-11,13-14H,1-4H3,(H2,21,24,25). The lowest BCUT2D eigenvalue weighted by Gasteiger charge is -2.28. The van der Waals surface area contributed by atoms with Crippen LogP contribution in [0.2, 0.25) is 5.02 Å². The Morgan fingerprint density at radius 3 is 2.26 bits per heavy atom. The van der Waals surface area contributed by atoms with Crippen molar-refractivity contribution in [3.05, 3.63) is 58.6 Å². The molecule has 2 unspecified atom stereocenters. The van der Waals surface area contributed by atoms with Crippen molar-refractivity contribution in [2.45, 2.75) is 37.8 Å². The van der Waals surface area contributed by atoms with Crippen LogP contribution in [0.25, 0.3) is 0 Å². The van der Waals surface area contributed by atoms with E-state index in [0.29, 0.717) is 10.8 Å². The van der Waals surface area contributed by atoms with Gasteiger partial charge >= 0.3 is 0 Å². The maximum Gasteiger partial charge on any atom is 0.263 e. The second kappa shape index (κ2) is 8.29. The molecular formula is C19H23ClN2O4S. The van der Waals surface area contributed by atoms with Gasteiger partial charge in [-0.25, -0.2) is 13.6 Å². The number of nitrogens with zero attached hydrogens (tertiary/aromatic N) is 1. The van der Waals surface area contributed by atoms with E-state index >= 15 is 0 Å². The number of primary sulfonamides is 1. The number of benzene rings is 2. The Morgan fingerprint density at radius 1 is 1.15 bits per heavy atom. The number of sulfonamides is 1. The molecule has 0 saturated carbocycles. The first kappa shape index (κ1) is 21.2. The lowest BCUT2D eigenvalue weighted by molar-refractivity contribution is -0.138. The van der Waals surface area contributed by atoms with E-state index in [-0.39, 0.29) is 16.8 Å². The van der Waals surface area contributed by atoms with Crippen LogP contribution in [0.5, 0.6) is 5.75 Å². The summed E-state index contributed by atoms with van der Waals surface area (Å²) in [5.41, 5.74) is 1.63. The van der Waals surface area contributed by atoms with E-state index < -0.39 is 16.1 Å². The summed E-state index contributed by atoms with van der Waals surface area (Å²) >= 11 is 5.94. The zero-order chi connectivity index (χ0) is 20.4. The molecule has 2 N–H and O–H groups in total. The average molecular weight is 411 g/mol. The van der Waals surface area contributed by atoms with Gasteiger partial charge in [0.15, 0.2) is 6.10 Å². The number of rotatable bonds is 6. The number of nitrogens with two attached hydrogens (primary N) is 1. The second-order valence-corrected chi connectivity index (χ2v) is 8.41. The van der Waals surface area contributed by atoms with Gasteiger partial charge in [0.1, 0.15) is 5.75 Å². The maximum atomic E-state index is 12.7. The molecule has 0 bridgehead atoms. The SMILES string of the molecule is Cc1cc(Cl)ccc1OC(C)C(=O)N(C)C(C)c1ccc(S(N)(=O)=O)cc1. The summed E-state index contributed by atoms with van der Waals surface area (Å²) < 4.78 is 28.5. The van der Waals surface area contributed by atoms with Gasteiger partial charge < -0.3 is 9.64 Å². The van der Waals surface area contributed by atoms with Crippen molar-refractivity contribution in [1.29, 1.82) is 0 Å². The largest absolute Gasteiger partial charge is 0.481 e. The molecule has 6 nitrogen and oxygen atoms in total. The molecule has 2 atom stereocenters. The molecule has 146 valence electrons. The molecule has 2 aromatic carbocycles. The Kier molecular flexibility index (Phi) is 6.51. The number of ether oxygens (including phenoxy) is 1. The molecule has 8 heteroatoms. The van der Waals surface area contributed by atoms with E-state index in [2.05, 4.69) is 0 Å². The highest BCUT2D eigenvalue weighted by atomic mass is 35.5. The molecule has 0 spiro atoms. The van der Waals surface area contributed by atoms with Crippen molar-refractivity contribution in [3.8, 4) is 5.75 Å². The number of aryl methyl sites for hydroxylation is 1. The topological polar surface area (TPSA) is 89.7 Å². The highest BCUT2D eigenvalue weighted by molar-refractivity contribution is 7.89. The van der Waals surface area contributed by atoms with Gasteiger partial charge in [0.25, 0.3) is 5.91 Å². The Hall–Kier alpha value is -2.09. The fourth-order valence-corrected chi connectivity index (χ4v) is 3.37. The molecule has 0 radical (unpaired) electrons. The van der Waals surface area contributed by atoms with Gasteiger partial charge in [-0.2, -0.15) is 0 Å². The fourth-order valence-electron chi connectivity index (χ4n) is 2.62. The quantitative estimate of drug-likeness (QED) is 0.791. The third-order valence-electron chi connectivity index (χ3n) is 4.41. The molecule has 0 aliphatic carbocycles. The molecule has 0 aliphatic rings. The minimum Gasteiger partial charge on any atom is -0.481 e. The summed E-state index contributed by atoms with van der Waals surface area (Å²) in [5, 5.41) is 5.71. The molecule has 2 aromatic rings. The van der Waals surface area contributed by atoms with E-state index in [9.17, 15) is 13.2 Å². The summed E-state index contributed by atoms with van der Waals surface area (Å²) in [6, 6.07) is 11.1. The molecule has 2 rings (SSSR count). The van der Waals surface area contributed by atoms with Crippen molar-refractivity contribution in [2.75, 3.05) is 7.05 Å². The number of carbonyl (C=O) groups is 1. The highest BCUT2D eigenvalue weighted by Crippen LogP contribution is 2.25. The summed E-state index contributed by atoms with van der Waals surface area (Å²) in [6.45, 7) is 5.39. The average Bonchev–Trinajstić information content (AvgIpc) is 2.61. The Balaban J connectivity index is 2.10. The lowest BCUT2D eigenvalue weighted by atomic mass is 10.1. The van der Waals surface area contributed by atoms with Gasteiger partial charge in [0.05, 0.1) is 10.9 Å². The van der Waals surface area contributed by atoms with Crippen molar-refractivity contribution >= 4 is 27.5 Å². The predicted octanol–water partition coefficient (Wildman–Crippen LogP) is 3.28. The van der Waals surface area contributed by atoms with Crippen LogP contribution in [0.4, 0.5) is 0 Å². The van der Waals surface area contributed by atoms with Gasteiger partial charge in [0, 0.05) is 12.1 Å². The van der Waals surface area contributed by atoms with E-state index in [0.717, 1.165) is 11.1 Å². The van der Waals surface area contributed by atoms with Gasteiger partial charge in [0.2, 0.25) is 10.0 Å². The first-order valence-electron chi connectivity index (χ1n) is 8.33. The molecule has 1 amide bonds. The zero-order valence-corrected chi connectivity index (χ0v) is 17.2. The van der Waals surface area contributed by atoms with Gasteiger partial charge in [-0.1, -0.05) is 23.7 Å². The van der Waals surface area contributed by atoms with Crippen LogP contribution in [0.3, 0.4) is 0 Å². The maximum absolute atomic E-state index is 12.7. The third kappa shape index (κ3) is 5.22. The second-order valence-electron chi connectivity index (χ2n) is 6.41. The normalized spacial score (nSPS) is 13.7. The molecule has 0 heterocycles. The first-order chi connectivity index (χ1) is 12.5. The molecular weight excluding hydrogens is 388 g/mol. The van der Waals surface area contributed by atoms with Gasteiger partial charge in [-0.3, -0.25) is 4.79 Å². The minimum absolute atomic E-state index is 0.0299. The summed E-state index contributed by atoms with van der Waals surface area (Å²) in [5.74, 6) is 0.395. The third-order valence-corrected chi connectivity index (χ3v) is 5.57. The first-order valence-corrected chi connectivity index (χ1v) is 10.3. The van der Waals surface area contributed by atoms with Gasteiger partial charge in [-0.05, 0) is 62.2 Å². The zero-order valence-electron chi connectivity index (χ0n) is 15.6. The van der Waals surface area contributed by atoms with Crippen molar-refractivity contribution in [1.82, 2.24) is 4.90 Å². The molecule has 0 fully saturated rings. The van der Waals surface area contributed by atoms with Crippen LogP contribution < -0.4 is 9.88 Å².